The lowest BCUT2D eigenvalue weighted by molar-refractivity contribution is -0.150. The molecule has 1 aromatic rings. The predicted octanol–water partition coefficient (Wildman–Crippen LogP) is 3.92. The van der Waals surface area contributed by atoms with Crippen molar-refractivity contribution in [2.75, 3.05) is 18.1 Å². The maximum atomic E-state index is 12.0. The summed E-state index contributed by atoms with van der Waals surface area (Å²) in [6.07, 6.45) is 1.03. The highest BCUT2D eigenvalue weighted by molar-refractivity contribution is 8.25. The Labute approximate surface area is 202 Å². The highest BCUT2D eigenvalue weighted by atomic mass is 32.2. The molecule has 2 aliphatic heterocycles. The number of nitrogens with zero attached hydrogens (tertiary/aromatic N) is 1. The van der Waals surface area contributed by atoms with E-state index in [1.165, 1.54) is 35.7 Å². The summed E-state index contributed by atoms with van der Waals surface area (Å²) in [4.78, 5) is 24.1. The van der Waals surface area contributed by atoms with Crippen molar-refractivity contribution in [3.8, 4) is 0 Å². The molecule has 0 aliphatic carbocycles. The number of sulfonamides is 1. The van der Waals surface area contributed by atoms with Gasteiger partial charge in [-0.25, -0.2) is 9.59 Å². The van der Waals surface area contributed by atoms with Gasteiger partial charge in [0, 0.05) is 11.5 Å². The summed E-state index contributed by atoms with van der Waals surface area (Å²) in [5, 5.41) is 0. The Hall–Kier alpha value is -2.24. The van der Waals surface area contributed by atoms with Gasteiger partial charge in [-0.05, 0) is 39.8 Å². The van der Waals surface area contributed by atoms with Gasteiger partial charge in [0.05, 0.1) is 22.0 Å². The third-order valence-corrected chi connectivity index (χ3v) is 7.82. The zero-order valence-electron chi connectivity index (χ0n) is 18.9. The number of fused-ring (bicyclic) bond motifs is 1. The molecule has 0 radical (unpaired) electrons. The number of ether oxygens (including phenoxy) is 3. The Morgan fingerprint density at radius 3 is 2.12 bits per heavy atom. The summed E-state index contributed by atoms with van der Waals surface area (Å²) in [6, 6.07) is 6.58. The molecule has 1 saturated heterocycles. The molecule has 1 fully saturated rings. The third-order valence-electron chi connectivity index (χ3n) is 3.78. The minimum Gasteiger partial charge on any atom is -0.472 e. The van der Waals surface area contributed by atoms with Crippen LogP contribution in [0.3, 0.4) is 0 Å². The molecule has 8 nitrogen and oxygen atoms in total. The highest BCUT2D eigenvalue weighted by Gasteiger charge is 2.30. The molecule has 33 heavy (non-hydrogen) atoms. The first-order valence-electron chi connectivity index (χ1n) is 10.2. The lowest BCUT2D eigenvalue weighted by Crippen LogP contribution is -2.23. The molecule has 1 aromatic carbocycles. The van der Waals surface area contributed by atoms with Crippen molar-refractivity contribution in [3.63, 3.8) is 0 Å². The molecule has 0 saturated carbocycles. The lowest BCUT2D eigenvalue weighted by Gasteiger charge is -2.13. The van der Waals surface area contributed by atoms with Gasteiger partial charge in [-0.2, -0.15) is 8.42 Å². The number of carbonyl (C=O) groups is 2. The quantitative estimate of drug-likeness (QED) is 0.184. The second kappa shape index (κ2) is 12.3. The third kappa shape index (κ3) is 7.65. The Bertz CT molecular complexity index is 1030. The number of esters is 2. The fraction of sp³-hybridized carbons (Fsp3) is 0.409. The van der Waals surface area contributed by atoms with Crippen molar-refractivity contribution in [2.24, 2.45) is 4.40 Å². The molecule has 3 rings (SSSR count). The van der Waals surface area contributed by atoms with Crippen LogP contribution in [0.25, 0.3) is 0 Å². The van der Waals surface area contributed by atoms with Crippen LogP contribution in [0.4, 0.5) is 0 Å². The van der Waals surface area contributed by atoms with E-state index in [1.54, 1.807) is 45.9 Å². The standard InChI is InChI=1S/C12H18O4S2.C10H9NO3S/c1-7(2)15-10(13)9(11(14)16-8(3)4)12-17-5-6-18-12;1-2-7-14-10-8-5-3-4-6-9(8)15(12,13)11-10/h7-8H,5-6H2,1-4H3;2-6H,1,7H2. The first kappa shape index (κ1) is 27.0. The number of carbonyl (C=O) groups excluding carboxylic acids is 2. The van der Waals surface area contributed by atoms with E-state index in [9.17, 15) is 18.0 Å². The second-order valence-electron chi connectivity index (χ2n) is 7.23. The van der Waals surface area contributed by atoms with Crippen molar-refractivity contribution in [1.82, 2.24) is 0 Å². The van der Waals surface area contributed by atoms with E-state index in [2.05, 4.69) is 11.0 Å². The molecule has 0 bridgehead atoms. The van der Waals surface area contributed by atoms with E-state index in [4.69, 9.17) is 14.2 Å². The number of thioether (sulfide) groups is 2. The van der Waals surface area contributed by atoms with Crippen LogP contribution in [0.2, 0.25) is 0 Å². The summed E-state index contributed by atoms with van der Waals surface area (Å²) in [5.74, 6) is 0.756. The molecular weight excluding hydrogens is 486 g/mol. The molecule has 0 atom stereocenters. The first-order chi connectivity index (χ1) is 15.6. The van der Waals surface area contributed by atoms with Crippen LogP contribution in [0.1, 0.15) is 33.3 Å². The van der Waals surface area contributed by atoms with Crippen molar-refractivity contribution >= 4 is 51.4 Å². The average molecular weight is 514 g/mol. The molecule has 2 heterocycles. The Morgan fingerprint density at radius 2 is 1.61 bits per heavy atom. The van der Waals surface area contributed by atoms with Crippen molar-refractivity contribution in [3.05, 3.63) is 52.3 Å². The van der Waals surface area contributed by atoms with Crippen LogP contribution in [-0.4, -0.2) is 56.6 Å². The van der Waals surface area contributed by atoms with Crippen molar-refractivity contribution in [1.29, 1.82) is 0 Å². The number of hydrogen-bond acceptors (Lipinski definition) is 9. The van der Waals surface area contributed by atoms with Gasteiger partial charge in [0.15, 0.2) is 5.57 Å². The van der Waals surface area contributed by atoms with Gasteiger partial charge in [-0.3, -0.25) is 0 Å². The van der Waals surface area contributed by atoms with Gasteiger partial charge in [0.1, 0.15) is 11.5 Å². The van der Waals surface area contributed by atoms with E-state index in [1.807, 2.05) is 0 Å². The fourth-order valence-corrected chi connectivity index (χ4v) is 6.21. The van der Waals surface area contributed by atoms with Crippen LogP contribution in [0.15, 0.2) is 56.0 Å². The SMILES string of the molecule is C=CCOC1=NS(=O)(=O)c2ccccc21.CC(C)OC(=O)C(C(=O)OC(C)C)=C1SCCS1. The van der Waals surface area contributed by atoms with Crippen LogP contribution in [0.5, 0.6) is 0 Å². The van der Waals surface area contributed by atoms with Crippen LogP contribution in [-0.2, 0) is 33.8 Å². The number of benzene rings is 1. The van der Waals surface area contributed by atoms with Gasteiger partial charge >= 0.3 is 11.9 Å². The summed E-state index contributed by atoms with van der Waals surface area (Å²) in [7, 11) is -3.56. The minimum absolute atomic E-state index is 0.0462. The van der Waals surface area contributed by atoms with Crippen LogP contribution in [0, 0.1) is 0 Å². The zero-order chi connectivity index (χ0) is 24.6. The number of rotatable bonds is 6. The second-order valence-corrected chi connectivity index (χ2v) is 11.3. The fourth-order valence-electron chi connectivity index (χ4n) is 2.57. The Balaban J connectivity index is 0.000000237. The Kier molecular flexibility index (Phi) is 10.1. The van der Waals surface area contributed by atoms with E-state index < -0.39 is 22.0 Å². The maximum absolute atomic E-state index is 12.0. The van der Waals surface area contributed by atoms with Gasteiger partial charge in [-0.15, -0.1) is 27.9 Å². The summed E-state index contributed by atoms with van der Waals surface area (Å²) >= 11 is 3.00. The van der Waals surface area contributed by atoms with Gasteiger partial charge in [0.25, 0.3) is 10.0 Å². The Morgan fingerprint density at radius 1 is 1.06 bits per heavy atom. The molecule has 0 aromatic heterocycles. The number of hydrogen-bond donors (Lipinski definition) is 0. The molecule has 0 N–H and O–H groups in total. The molecule has 0 amide bonds. The topological polar surface area (TPSA) is 108 Å². The predicted molar refractivity (Wildman–Crippen MR) is 131 cm³/mol. The van der Waals surface area contributed by atoms with Gasteiger partial charge in [0.2, 0.25) is 5.90 Å². The molecule has 180 valence electrons. The smallest absolute Gasteiger partial charge is 0.347 e. The van der Waals surface area contributed by atoms with Crippen LogP contribution >= 0.6 is 23.5 Å². The molecule has 0 unspecified atom stereocenters. The van der Waals surface area contributed by atoms with E-state index >= 15 is 0 Å². The van der Waals surface area contributed by atoms with E-state index in [0.29, 0.717) is 9.80 Å². The largest absolute Gasteiger partial charge is 0.472 e. The van der Waals surface area contributed by atoms with E-state index in [0.717, 1.165) is 11.5 Å². The summed E-state index contributed by atoms with van der Waals surface area (Å²) < 4.78 is 42.7. The lowest BCUT2D eigenvalue weighted by atomic mass is 10.2. The normalized spacial score (nSPS) is 15.8. The first-order valence-corrected chi connectivity index (χ1v) is 13.6. The average Bonchev–Trinajstić information content (AvgIpc) is 3.33. The van der Waals surface area contributed by atoms with E-state index in [-0.39, 0.29) is 35.2 Å². The van der Waals surface area contributed by atoms with Crippen molar-refractivity contribution in [2.45, 2.75) is 44.8 Å². The summed E-state index contributed by atoms with van der Waals surface area (Å²) in [5.41, 5.74) is 0.559. The zero-order valence-corrected chi connectivity index (χ0v) is 21.3. The van der Waals surface area contributed by atoms with Crippen LogP contribution < -0.4 is 0 Å². The monoisotopic (exact) mass is 513 g/mol. The highest BCUT2D eigenvalue weighted by Crippen LogP contribution is 2.39. The van der Waals surface area contributed by atoms with Gasteiger partial charge < -0.3 is 14.2 Å². The molecular formula is C22H27NO7S3. The molecule has 0 spiro atoms. The molecule has 11 heteroatoms. The summed E-state index contributed by atoms with van der Waals surface area (Å²) in [6.45, 7) is 10.7. The van der Waals surface area contributed by atoms with Crippen molar-refractivity contribution < 1.29 is 32.2 Å². The van der Waals surface area contributed by atoms with Gasteiger partial charge in [-0.1, -0.05) is 24.8 Å². The minimum atomic E-state index is -3.56. The molecule has 2 aliphatic rings. The maximum Gasteiger partial charge on any atom is 0.347 e.